The number of hydrogen-bond donors (Lipinski definition) is 0. The summed E-state index contributed by atoms with van der Waals surface area (Å²) in [6, 6.07) is 29.2. The van der Waals surface area contributed by atoms with Gasteiger partial charge in [-0.15, -0.1) is 0 Å². The van der Waals surface area contributed by atoms with E-state index in [2.05, 4.69) is 83.5 Å². The highest BCUT2D eigenvalue weighted by atomic mass is 79.9. The number of hydrogen-bond acceptors (Lipinski definition) is 1. The van der Waals surface area contributed by atoms with Gasteiger partial charge in [-0.25, -0.2) is 4.99 Å². The van der Waals surface area contributed by atoms with Crippen molar-refractivity contribution in [1.29, 1.82) is 0 Å². The van der Waals surface area contributed by atoms with Crippen molar-refractivity contribution in [2.45, 2.75) is 12.8 Å². The van der Waals surface area contributed by atoms with Crippen molar-refractivity contribution in [2.75, 3.05) is 0 Å². The minimum Gasteiger partial charge on any atom is -0.245 e. The van der Waals surface area contributed by atoms with Gasteiger partial charge in [0.05, 0.1) is 16.2 Å². The Balaban J connectivity index is 2.03. The van der Waals surface area contributed by atoms with Gasteiger partial charge in [0.2, 0.25) is 0 Å². The maximum atomic E-state index is 4.79. The predicted molar refractivity (Wildman–Crippen MR) is 102 cm³/mol. The first-order valence-corrected chi connectivity index (χ1v) is 8.44. The molecule has 0 amide bonds. The largest absolute Gasteiger partial charge is 0.245 e. The molecule has 3 aromatic rings. The molecule has 0 aliphatic rings. The molecular weight excluding hydrogens is 346 g/mol. The molecule has 0 saturated carbocycles. The maximum Gasteiger partial charge on any atom is 0.0955 e. The van der Waals surface area contributed by atoms with Crippen LogP contribution < -0.4 is 0 Å². The third-order valence-corrected chi connectivity index (χ3v) is 4.41. The van der Waals surface area contributed by atoms with Crippen molar-refractivity contribution in [3.05, 3.63) is 102 Å². The third kappa shape index (κ3) is 3.96. The van der Waals surface area contributed by atoms with Crippen molar-refractivity contribution in [2.24, 2.45) is 4.99 Å². The van der Waals surface area contributed by atoms with Crippen LogP contribution in [-0.2, 0) is 0 Å². The highest BCUT2D eigenvalue weighted by Gasteiger charge is 2.18. The van der Waals surface area contributed by atoms with Gasteiger partial charge >= 0.3 is 0 Å². The number of benzene rings is 3. The zero-order chi connectivity index (χ0) is 16.1. The number of aryl methyl sites for hydroxylation is 1. The Hall–Kier alpha value is -2.19. The summed E-state index contributed by atoms with van der Waals surface area (Å²) < 4.78 is 0.916. The SMILES string of the molecule is Cc1ccc(N=C(Br)C(c2ccccc2)c2ccccc2)cc1. The van der Waals surface area contributed by atoms with Crippen LogP contribution in [-0.4, -0.2) is 4.62 Å². The fourth-order valence-electron chi connectivity index (χ4n) is 2.57. The van der Waals surface area contributed by atoms with Crippen LogP contribution >= 0.6 is 15.9 Å². The first-order chi connectivity index (χ1) is 11.2. The fourth-order valence-corrected chi connectivity index (χ4v) is 3.30. The van der Waals surface area contributed by atoms with E-state index in [1.807, 2.05) is 24.3 Å². The van der Waals surface area contributed by atoms with Crippen molar-refractivity contribution >= 4 is 26.2 Å². The summed E-state index contributed by atoms with van der Waals surface area (Å²) in [5.41, 5.74) is 4.64. The van der Waals surface area contributed by atoms with Crippen LogP contribution in [0.25, 0.3) is 0 Å². The van der Waals surface area contributed by atoms with Gasteiger partial charge in [0.15, 0.2) is 0 Å². The Kier molecular flexibility index (Phi) is 5.04. The van der Waals surface area contributed by atoms with E-state index in [-0.39, 0.29) is 5.92 Å². The molecule has 0 saturated heterocycles. The Morgan fingerprint density at radius 1 is 0.739 bits per heavy atom. The highest BCUT2D eigenvalue weighted by Crippen LogP contribution is 2.30. The molecule has 0 bridgehead atoms. The third-order valence-electron chi connectivity index (χ3n) is 3.77. The fraction of sp³-hybridized carbons (Fsp3) is 0.0952. The molecule has 0 radical (unpaired) electrons. The lowest BCUT2D eigenvalue weighted by atomic mass is 9.92. The topological polar surface area (TPSA) is 12.4 Å². The second-order valence-corrected chi connectivity index (χ2v) is 6.34. The van der Waals surface area contributed by atoms with Crippen LogP contribution in [0, 0.1) is 6.92 Å². The van der Waals surface area contributed by atoms with E-state index in [1.165, 1.54) is 16.7 Å². The van der Waals surface area contributed by atoms with Crippen LogP contribution in [0.1, 0.15) is 22.6 Å². The van der Waals surface area contributed by atoms with Gasteiger partial charge in [0, 0.05) is 0 Å². The average Bonchev–Trinajstić information content (AvgIpc) is 2.59. The minimum atomic E-state index is 0.0960. The second kappa shape index (κ2) is 7.38. The molecule has 3 aromatic carbocycles. The molecular formula is C21H18BrN. The lowest BCUT2D eigenvalue weighted by molar-refractivity contribution is 1.09. The molecule has 1 nitrogen and oxygen atoms in total. The molecule has 2 heteroatoms. The van der Waals surface area contributed by atoms with E-state index in [0.29, 0.717) is 0 Å². The molecule has 0 unspecified atom stereocenters. The summed E-state index contributed by atoms with van der Waals surface area (Å²) >= 11 is 3.72. The predicted octanol–water partition coefficient (Wildman–Crippen LogP) is 6.25. The van der Waals surface area contributed by atoms with E-state index in [4.69, 9.17) is 4.99 Å². The van der Waals surface area contributed by atoms with Gasteiger partial charge in [0.1, 0.15) is 0 Å². The Morgan fingerprint density at radius 3 is 1.70 bits per heavy atom. The Labute approximate surface area is 145 Å². The lowest BCUT2D eigenvalue weighted by Crippen LogP contribution is -2.08. The quantitative estimate of drug-likeness (QED) is 0.485. The molecule has 3 rings (SSSR count). The molecule has 0 atom stereocenters. The number of nitrogens with zero attached hydrogens (tertiary/aromatic N) is 1. The maximum absolute atomic E-state index is 4.79. The van der Waals surface area contributed by atoms with Crippen LogP contribution in [0.15, 0.2) is 89.9 Å². The number of aliphatic imine (C=N–C) groups is 1. The molecule has 0 aliphatic heterocycles. The van der Waals surface area contributed by atoms with Crippen molar-refractivity contribution in [3.63, 3.8) is 0 Å². The highest BCUT2D eigenvalue weighted by molar-refractivity contribution is 9.18. The smallest absolute Gasteiger partial charge is 0.0955 e. The van der Waals surface area contributed by atoms with E-state index >= 15 is 0 Å². The van der Waals surface area contributed by atoms with Gasteiger partial charge in [-0.05, 0) is 46.1 Å². The van der Waals surface area contributed by atoms with Crippen molar-refractivity contribution in [3.8, 4) is 0 Å². The minimum absolute atomic E-state index is 0.0960. The summed E-state index contributed by atoms with van der Waals surface area (Å²) in [6.07, 6.45) is 0. The van der Waals surface area contributed by atoms with E-state index < -0.39 is 0 Å². The summed E-state index contributed by atoms with van der Waals surface area (Å²) in [5.74, 6) is 0.0960. The van der Waals surface area contributed by atoms with Crippen LogP contribution in [0.5, 0.6) is 0 Å². The van der Waals surface area contributed by atoms with Gasteiger partial charge in [-0.1, -0.05) is 78.4 Å². The summed E-state index contributed by atoms with van der Waals surface area (Å²) in [7, 11) is 0. The molecule has 114 valence electrons. The molecule has 23 heavy (non-hydrogen) atoms. The number of halogens is 1. The van der Waals surface area contributed by atoms with Gasteiger partial charge in [-0.2, -0.15) is 0 Å². The lowest BCUT2D eigenvalue weighted by Gasteiger charge is -2.17. The second-order valence-electron chi connectivity index (χ2n) is 5.52. The zero-order valence-electron chi connectivity index (χ0n) is 13.0. The standard InChI is InChI=1S/C21H18BrN/c1-16-12-14-19(15-13-16)23-21(22)20(17-8-4-2-5-9-17)18-10-6-3-7-11-18/h2-15,20H,1H3. The van der Waals surface area contributed by atoms with E-state index in [0.717, 1.165) is 10.3 Å². The van der Waals surface area contributed by atoms with Crippen molar-refractivity contribution in [1.82, 2.24) is 0 Å². The molecule has 0 fully saturated rings. The van der Waals surface area contributed by atoms with Gasteiger partial charge in [-0.3, -0.25) is 0 Å². The average molecular weight is 364 g/mol. The van der Waals surface area contributed by atoms with Crippen LogP contribution in [0.3, 0.4) is 0 Å². The van der Waals surface area contributed by atoms with E-state index in [9.17, 15) is 0 Å². The molecule has 0 N–H and O–H groups in total. The molecule has 0 aromatic heterocycles. The molecule has 0 spiro atoms. The summed E-state index contributed by atoms with van der Waals surface area (Å²) in [4.78, 5) is 4.79. The Bertz CT molecular complexity index is 738. The monoisotopic (exact) mass is 363 g/mol. The van der Waals surface area contributed by atoms with Crippen molar-refractivity contribution < 1.29 is 0 Å². The van der Waals surface area contributed by atoms with Crippen LogP contribution in [0.2, 0.25) is 0 Å². The first-order valence-electron chi connectivity index (χ1n) is 7.64. The van der Waals surface area contributed by atoms with E-state index in [1.54, 1.807) is 0 Å². The van der Waals surface area contributed by atoms with Gasteiger partial charge < -0.3 is 0 Å². The van der Waals surface area contributed by atoms with Crippen LogP contribution in [0.4, 0.5) is 5.69 Å². The molecule has 0 aliphatic carbocycles. The summed E-state index contributed by atoms with van der Waals surface area (Å²) in [6.45, 7) is 2.08. The van der Waals surface area contributed by atoms with Gasteiger partial charge in [0.25, 0.3) is 0 Å². The zero-order valence-corrected chi connectivity index (χ0v) is 14.6. The number of rotatable bonds is 4. The first kappa shape index (κ1) is 15.7. The normalized spacial score (nSPS) is 11.7. The summed E-state index contributed by atoms with van der Waals surface area (Å²) in [5, 5.41) is 0. The Morgan fingerprint density at radius 2 is 1.22 bits per heavy atom. The molecule has 0 heterocycles.